The number of carbonyl (C=O) groups is 2. The van der Waals surface area contributed by atoms with Crippen LogP contribution in [0.3, 0.4) is 0 Å². The van der Waals surface area contributed by atoms with Crippen molar-refractivity contribution in [2.24, 2.45) is 0 Å². The van der Waals surface area contributed by atoms with Crippen molar-refractivity contribution in [2.75, 3.05) is 11.9 Å². The van der Waals surface area contributed by atoms with Gasteiger partial charge in [0.15, 0.2) is 6.61 Å². The highest BCUT2D eigenvalue weighted by Crippen LogP contribution is 2.15. The van der Waals surface area contributed by atoms with Crippen LogP contribution < -0.4 is 10.0 Å². The third-order valence-electron chi connectivity index (χ3n) is 4.15. The van der Waals surface area contributed by atoms with Crippen molar-refractivity contribution in [3.8, 4) is 0 Å². The Morgan fingerprint density at radius 1 is 0.903 bits per heavy atom. The van der Waals surface area contributed by atoms with Gasteiger partial charge in [0.2, 0.25) is 10.0 Å². The number of amides is 1. The summed E-state index contributed by atoms with van der Waals surface area (Å²) < 4.78 is 32.5. The van der Waals surface area contributed by atoms with Crippen molar-refractivity contribution in [3.05, 3.63) is 95.0 Å². The van der Waals surface area contributed by atoms with Crippen LogP contribution in [-0.2, 0) is 26.1 Å². The number of ether oxygens (including phenoxy) is 1. The molecule has 1 amide bonds. The summed E-state index contributed by atoms with van der Waals surface area (Å²) in [4.78, 5) is 24.1. The molecule has 0 bridgehead atoms. The topological polar surface area (TPSA) is 102 Å². The zero-order valence-electron chi connectivity index (χ0n) is 16.2. The summed E-state index contributed by atoms with van der Waals surface area (Å²) in [6.45, 7) is -0.409. The van der Waals surface area contributed by atoms with Crippen molar-refractivity contribution in [3.63, 3.8) is 0 Å². The lowest BCUT2D eigenvalue weighted by Gasteiger charge is -2.09. The Bertz CT molecular complexity index is 1170. The van der Waals surface area contributed by atoms with Gasteiger partial charge in [0, 0.05) is 17.3 Å². The first-order valence-corrected chi connectivity index (χ1v) is 11.1. The minimum Gasteiger partial charge on any atom is -0.452 e. The highest BCUT2D eigenvalue weighted by atomic mass is 35.5. The van der Waals surface area contributed by atoms with Crippen LogP contribution in [0.2, 0.25) is 5.02 Å². The quantitative estimate of drug-likeness (QED) is 0.502. The largest absolute Gasteiger partial charge is 0.452 e. The van der Waals surface area contributed by atoms with Crippen LogP contribution >= 0.6 is 11.6 Å². The van der Waals surface area contributed by atoms with Gasteiger partial charge in [0.05, 0.1) is 10.5 Å². The van der Waals surface area contributed by atoms with Gasteiger partial charge < -0.3 is 10.1 Å². The maximum Gasteiger partial charge on any atom is 0.338 e. The summed E-state index contributed by atoms with van der Waals surface area (Å²) in [5.74, 6) is -1.35. The van der Waals surface area contributed by atoms with Gasteiger partial charge in [-0.2, -0.15) is 0 Å². The normalized spacial score (nSPS) is 11.0. The Kier molecular flexibility index (Phi) is 7.41. The van der Waals surface area contributed by atoms with Gasteiger partial charge >= 0.3 is 5.97 Å². The van der Waals surface area contributed by atoms with Crippen LogP contribution in [0, 0.1) is 0 Å². The van der Waals surface area contributed by atoms with Crippen LogP contribution in [0.25, 0.3) is 0 Å². The molecular weight excluding hydrogens is 440 g/mol. The molecule has 0 radical (unpaired) electrons. The molecule has 0 aliphatic rings. The van der Waals surface area contributed by atoms with E-state index in [1.54, 1.807) is 36.4 Å². The van der Waals surface area contributed by atoms with Crippen molar-refractivity contribution in [1.82, 2.24) is 4.72 Å². The lowest BCUT2D eigenvalue weighted by molar-refractivity contribution is -0.119. The predicted octanol–water partition coefficient (Wildman–Crippen LogP) is 3.61. The third-order valence-corrected chi connectivity index (χ3v) is 5.80. The average Bonchev–Trinajstić information content (AvgIpc) is 2.78. The Labute approximate surface area is 185 Å². The minimum atomic E-state index is -3.84. The van der Waals surface area contributed by atoms with Crippen LogP contribution in [0.5, 0.6) is 0 Å². The van der Waals surface area contributed by atoms with Crippen molar-refractivity contribution in [1.29, 1.82) is 0 Å². The molecule has 0 heterocycles. The fourth-order valence-corrected chi connectivity index (χ4v) is 3.78. The van der Waals surface area contributed by atoms with Crippen molar-refractivity contribution >= 4 is 39.2 Å². The summed E-state index contributed by atoms with van der Waals surface area (Å²) in [5.41, 5.74) is 1.32. The monoisotopic (exact) mass is 458 g/mol. The summed E-state index contributed by atoms with van der Waals surface area (Å²) in [5, 5.41) is 3.09. The smallest absolute Gasteiger partial charge is 0.338 e. The van der Waals surface area contributed by atoms with Gasteiger partial charge in [0.25, 0.3) is 5.91 Å². The Morgan fingerprint density at radius 3 is 2.32 bits per heavy atom. The lowest BCUT2D eigenvalue weighted by Crippen LogP contribution is -2.24. The number of hydrogen-bond acceptors (Lipinski definition) is 5. The number of esters is 1. The molecular formula is C22H19ClN2O5S. The first-order valence-electron chi connectivity index (χ1n) is 9.20. The van der Waals surface area contributed by atoms with E-state index in [1.165, 1.54) is 24.3 Å². The zero-order valence-corrected chi connectivity index (χ0v) is 17.8. The van der Waals surface area contributed by atoms with E-state index in [-0.39, 0.29) is 17.0 Å². The molecule has 3 aromatic carbocycles. The Hall–Kier alpha value is -3.20. The molecule has 0 atom stereocenters. The number of nitrogens with one attached hydrogen (secondary N) is 2. The van der Waals surface area contributed by atoms with Gasteiger partial charge in [-0.25, -0.2) is 17.9 Å². The van der Waals surface area contributed by atoms with E-state index in [1.807, 2.05) is 18.2 Å². The summed E-state index contributed by atoms with van der Waals surface area (Å²) in [7, 11) is -3.84. The molecule has 7 nitrogen and oxygen atoms in total. The molecule has 0 unspecified atom stereocenters. The van der Waals surface area contributed by atoms with E-state index in [9.17, 15) is 18.0 Å². The van der Waals surface area contributed by atoms with E-state index < -0.39 is 28.5 Å². The summed E-state index contributed by atoms with van der Waals surface area (Å²) in [6.07, 6.45) is 0. The summed E-state index contributed by atoms with van der Waals surface area (Å²) >= 11 is 5.79. The Balaban J connectivity index is 1.58. The standard InChI is InChI=1S/C22H19ClN2O5S/c23-18-9-11-19(12-10-18)25-21(26)15-30-22(27)17-7-4-8-20(13-17)31(28,29)24-14-16-5-2-1-3-6-16/h1-13,24H,14-15H2,(H,25,26). The molecule has 0 saturated heterocycles. The van der Waals surface area contributed by atoms with Crippen LogP contribution in [-0.4, -0.2) is 26.9 Å². The molecule has 0 spiro atoms. The van der Waals surface area contributed by atoms with E-state index in [2.05, 4.69) is 10.0 Å². The molecule has 0 aromatic heterocycles. The molecule has 3 aromatic rings. The lowest BCUT2D eigenvalue weighted by atomic mass is 10.2. The number of rotatable bonds is 8. The highest BCUT2D eigenvalue weighted by molar-refractivity contribution is 7.89. The van der Waals surface area contributed by atoms with Crippen LogP contribution in [0.15, 0.2) is 83.8 Å². The van der Waals surface area contributed by atoms with Gasteiger partial charge in [-0.3, -0.25) is 4.79 Å². The molecule has 0 fully saturated rings. The predicted molar refractivity (Wildman–Crippen MR) is 117 cm³/mol. The number of halogens is 1. The number of sulfonamides is 1. The number of carbonyl (C=O) groups excluding carboxylic acids is 2. The fourth-order valence-electron chi connectivity index (χ4n) is 2.59. The first-order chi connectivity index (χ1) is 14.8. The second kappa shape index (κ2) is 10.2. The fraction of sp³-hybridized carbons (Fsp3) is 0.0909. The third kappa shape index (κ3) is 6.65. The molecule has 0 saturated carbocycles. The summed E-state index contributed by atoms with van der Waals surface area (Å²) in [6, 6.07) is 20.9. The maximum atomic E-state index is 12.5. The van der Waals surface area contributed by atoms with Crippen molar-refractivity contribution < 1.29 is 22.7 Å². The zero-order chi connectivity index (χ0) is 22.3. The van der Waals surface area contributed by atoms with E-state index in [4.69, 9.17) is 16.3 Å². The number of hydrogen-bond donors (Lipinski definition) is 2. The van der Waals surface area contributed by atoms with E-state index >= 15 is 0 Å². The molecule has 160 valence electrons. The second-order valence-corrected chi connectivity index (χ2v) is 8.67. The van der Waals surface area contributed by atoms with Gasteiger partial charge in [-0.1, -0.05) is 48.0 Å². The molecule has 9 heteroatoms. The van der Waals surface area contributed by atoms with Gasteiger partial charge in [-0.15, -0.1) is 0 Å². The first kappa shape index (κ1) is 22.5. The number of benzene rings is 3. The highest BCUT2D eigenvalue weighted by Gasteiger charge is 2.17. The molecule has 0 aliphatic carbocycles. The average molecular weight is 459 g/mol. The van der Waals surface area contributed by atoms with Crippen LogP contribution in [0.1, 0.15) is 15.9 Å². The van der Waals surface area contributed by atoms with Crippen molar-refractivity contribution in [2.45, 2.75) is 11.4 Å². The SMILES string of the molecule is O=C(COC(=O)c1cccc(S(=O)(=O)NCc2ccccc2)c1)Nc1ccc(Cl)cc1. The van der Waals surface area contributed by atoms with E-state index in [0.717, 1.165) is 5.56 Å². The molecule has 0 aliphatic heterocycles. The van der Waals surface area contributed by atoms with Gasteiger partial charge in [-0.05, 0) is 48.0 Å². The molecule has 3 rings (SSSR count). The van der Waals surface area contributed by atoms with Crippen LogP contribution in [0.4, 0.5) is 5.69 Å². The van der Waals surface area contributed by atoms with E-state index in [0.29, 0.717) is 10.7 Å². The minimum absolute atomic E-state index is 0.0156. The Morgan fingerprint density at radius 2 is 1.61 bits per heavy atom. The van der Waals surface area contributed by atoms with Gasteiger partial charge in [0.1, 0.15) is 0 Å². The number of anilines is 1. The molecule has 2 N–H and O–H groups in total. The second-order valence-electron chi connectivity index (χ2n) is 6.47. The molecule has 31 heavy (non-hydrogen) atoms. The maximum absolute atomic E-state index is 12.5.